The first-order valence-electron chi connectivity index (χ1n) is 13.5. The van der Waals surface area contributed by atoms with Crippen LogP contribution in [-0.4, -0.2) is 43.9 Å². The Hall–Kier alpha value is -3.68. The number of hydrogen-bond acceptors (Lipinski definition) is 6. The van der Waals surface area contributed by atoms with Crippen molar-refractivity contribution in [1.29, 1.82) is 0 Å². The lowest BCUT2D eigenvalue weighted by molar-refractivity contribution is 0.236. The number of aryl methyl sites for hydroxylation is 1. The van der Waals surface area contributed by atoms with Gasteiger partial charge in [0.05, 0.1) is 17.9 Å². The van der Waals surface area contributed by atoms with Gasteiger partial charge < -0.3 is 9.80 Å². The van der Waals surface area contributed by atoms with Crippen molar-refractivity contribution in [2.24, 2.45) is 12.5 Å². The Balaban J connectivity index is 1.50. The fraction of sp³-hybridized carbons (Fsp3) is 0.448. The summed E-state index contributed by atoms with van der Waals surface area (Å²) in [7, 11) is 1.85. The number of aromatic nitrogens is 5. The second-order valence-corrected chi connectivity index (χ2v) is 10.8. The normalized spacial score (nSPS) is 17.3. The van der Waals surface area contributed by atoms with Crippen LogP contribution < -0.4 is 15.4 Å². The van der Waals surface area contributed by atoms with E-state index < -0.39 is 0 Å². The van der Waals surface area contributed by atoms with E-state index in [9.17, 15) is 4.79 Å². The number of fused-ring (bicyclic) bond motifs is 2. The summed E-state index contributed by atoms with van der Waals surface area (Å²) in [4.78, 5) is 28.2. The average molecular weight is 498 g/mol. The molecule has 1 aromatic carbocycles. The summed E-state index contributed by atoms with van der Waals surface area (Å²) in [5.74, 6) is 1.41. The first-order chi connectivity index (χ1) is 18.0. The van der Waals surface area contributed by atoms with Crippen molar-refractivity contribution in [1.82, 2.24) is 24.3 Å². The summed E-state index contributed by atoms with van der Waals surface area (Å²) >= 11 is 0. The first kappa shape index (κ1) is 23.7. The Bertz CT molecular complexity index is 1480. The van der Waals surface area contributed by atoms with Crippen LogP contribution in [0.3, 0.4) is 0 Å². The van der Waals surface area contributed by atoms with Gasteiger partial charge in [-0.25, -0.2) is 4.68 Å². The molecule has 3 aromatic heterocycles. The SMILES string of the molecule is CCC1(C)CCN(c2nc3c(c(N4CCCc5ncccc54)nn3Cc3ccccc3)c(=O)n2C)CC1. The van der Waals surface area contributed by atoms with Gasteiger partial charge in [-0.15, -0.1) is 0 Å². The third kappa shape index (κ3) is 4.18. The Morgan fingerprint density at radius 1 is 1.03 bits per heavy atom. The zero-order valence-corrected chi connectivity index (χ0v) is 22.0. The minimum absolute atomic E-state index is 0.0471. The number of hydrogen-bond donors (Lipinski definition) is 0. The van der Waals surface area contributed by atoms with Crippen molar-refractivity contribution in [3.63, 3.8) is 0 Å². The zero-order chi connectivity index (χ0) is 25.6. The van der Waals surface area contributed by atoms with Crippen LogP contribution in [-0.2, 0) is 20.0 Å². The van der Waals surface area contributed by atoms with Crippen LogP contribution >= 0.6 is 0 Å². The number of benzene rings is 1. The third-order valence-electron chi connectivity index (χ3n) is 8.42. The summed E-state index contributed by atoms with van der Waals surface area (Å²) in [6.07, 6.45) is 7.11. The van der Waals surface area contributed by atoms with Gasteiger partial charge in [-0.05, 0) is 48.8 Å². The van der Waals surface area contributed by atoms with Gasteiger partial charge in [0.15, 0.2) is 11.5 Å². The molecule has 8 heteroatoms. The van der Waals surface area contributed by atoms with Crippen LogP contribution in [0.2, 0.25) is 0 Å². The predicted octanol–water partition coefficient (Wildman–Crippen LogP) is 4.67. The van der Waals surface area contributed by atoms with Gasteiger partial charge in [0.25, 0.3) is 5.56 Å². The minimum atomic E-state index is -0.0471. The van der Waals surface area contributed by atoms with Crippen LogP contribution in [0.1, 0.15) is 50.8 Å². The number of pyridine rings is 1. The maximum atomic E-state index is 14.0. The molecule has 4 aromatic rings. The number of anilines is 3. The van der Waals surface area contributed by atoms with Gasteiger partial charge in [-0.2, -0.15) is 10.1 Å². The van der Waals surface area contributed by atoms with Crippen LogP contribution in [0.15, 0.2) is 53.5 Å². The molecule has 0 N–H and O–H groups in total. The van der Waals surface area contributed by atoms with Crippen molar-refractivity contribution in [2.75, 3.05) is 29.4 Å². The highest BCUT2D eigenvalue weighted by Crippen LogP contribution is 2.37. The number of piperidine rings is 1. The molecule has 0 spiro atoms. The molecule has 0 amide bonds. The van der Waals surface area contributed by atoms with E-state index in [1.54, 1.807) is 4.57 Å². The first-order valence-corrected chi connectivity index (χ1v) is 13.5. The smallest absolute Gasteiger partial charge is 0.268 e. The molecule has 2 aliphatic rings. The van der Waals surface area contributed by atoms with Crippen molar-refractivity contribution in [3.8, 4) is 0 Å². The molecule has 8 nitrogen and oxygen atoms in total. The molecule has 0 unspecified atom stereocenters. The van der Waals surface area contributed by atoms with E-state index in [1.165, 1.54) is 6.42 Å². The molecule has 192 valence electrons. The molecule has 0 bridgehead atoms. The molecule has 6 rings (SSSR count). The summed E-state index contributed by atoms with van der Waals surface area (Å²) in [5, 5.41) is 5.63. The van der Waals surface area contributed by atoms with E-state index in [0.29, 0.717) is 28.8 Å². The lowest BCUT2D eigenvalue weighted by atomic mass is 9.78. The Morgan fingerprint density at radius 3 is 2.57 bits per heavy atom. The highest BCUT2D eigenvalue weighted by atomic mass is 16.1. The molecule has 5 heterocycles. The maximum Gasteiger partial charge on any atom is 0.268 e. The zero-order valence-electron chi connectivity index (χ0n) is 22.0. The van der Waals surface area contributed by atoms with Crippen LogP contribution in [0.4, 0.5) is 17.5 Å². The fourth-order valence-electron chi connectivity index (χ4n) is 5.73. The largest absolute Gasteiger partial charge is 0.342 e. The predicted molar refractivity (Wildman–Crippen MR) is 148 cm³/mol. The lowest BCUT2D eigenvalue weighted by Crippen LogP contribution is -2.41. The topological polar surface area (TPSA) is 72.1 Å². The van der Waals surface area contributed by atoms with Crippen molar-refractivity contribution in [2.45, 2.75) is 52.5 Å². The standard InChI is InChI=1S/C29H35N7O/c1-4-29(2)14-18-34(19-15-29)28-31-25-24(27(37)33(28)3)26(32-36(25)20-21-10-6-5-7-11-21)35-17-9-12-22-23(35)13-8-16-30-22/h5-8,10-11,13,16H,4,9,12,14-15,17-20H2,1-3H3. The number of rotatable bonds is 5. The average Bonchev–Trinajstić information content (AvgIpc) is 3.29. The molecular weight excluding hydrogens is 462 g/mol. The molecule has 1 saturated heterocycles. The molecule has 37 heavy (non-hydrogen) atoms. The van der Waals surface area contributed by atoms with Crippen LogP contribution in [0.5, 0.6) is 0 Å². The van der Waals surface area contributed by atoms with Gasteiger partial charge in [0.2, 0.25) is 5.95 Å². The van der Waals surface area contributed by atoms with Crippen LogP contribution in [0, 0.1) is 5.41 Å². The fourth-order valence-corrected chi connectivity index (χ4v) is 5.73. The highest BCUT2D eigenvalue weighted by Gasteiger charge is 2.32. The van der Waals surface area contributed by atoms with Crippen LogP contribution in [0.25, 0.3) is 11.0 Å². The third-order valence-corrected chi connectivity index (χ3v) is 8.42. The molecular formula is C29H35N7O. The molecule has 1 fully saturated rings. The van der Waals surface area contributed by atoms with Gasteiger partial charge in [0, 0.05) is 32.9 Å². The van der Waals surface area contributed by atoms with E-state index in [2.05, 4.69) is 46.8 Å². The lowest BCUT2D eigenvalue weighted by Gasteiger charge is -2.39. The van der Waals surface area contributed by atoms with Gasteiger partial charge in [-0.3, -0.25) is 14.3 Å². The van der Waals surface area contributed by atoms with Crippen molar-refractivity contribution < 1.29 is 0 Å². The monoisotopic (exact) mass is 497 g/mol. The molecule has 0 aliphatic carbocycles. The van der Waals surface area contributed by atoms with E-state index >= 15 is 0 Å². The maximum absolute atomic E-state index is 14.0. The second kappa shape index (κ2) is 9.32. The van der Waals surface area contributed by atoms with E-state index in [0.717, 1.165) is 68.2 Å². The summed E-state index contributed by atoms with van der Waals surface area (Å²) in [5.41, 5.74) is 4.16. The Kier molecular flexibility index (Phi) is 5.97. The molecule has 0 saturated carbocycles. The van der Waals surface area contributed by atoms with Gasteiger partial charge in [-0.1, -0.05) is 50.6 Å². The quantitative estimate of drug-likeness (QED) is 0.399. The second-order valence-electron chi connectivity index (χ2n) is 10.8. The summed E-state index contributed by atoms with van der Waals surface area (Å²) < 4.78 is 3.64. The molecule has 0 atom stereocenters. The summed E-state index contributed by atoms with van der Waals surface area (Å²) in [6, 6.07) is 14.3. The Labute approximate surface area is 217 Å². The number of nitrogens with zero attached hydrogens (tertiary/aromatic N) is 7. The van der Waals surface area contributed by atoms with Crippen molar-refractivity contribution >= 4 is 28.5 Å². The van der Waals surface area contributed by atoms with Gasteiger partial charge in [0.1, 0.15) is 5.39 Å². The molecule has 2 aliphatic heterocycles. The highest BCUT2D eigenvalue weighted by molar-refractivity contribution is 5.91. The van der Waals surface area contributed by atoms with E-state index in [-0.39, 0.29) is 5.56 Å². The van der Waals surface area contributed by atoms with Gasteiger partial charge >= 0.3 is 0 Å². The summed E-state index contributed by atoms with van der Waals surface area (Å²) in [6.45, 7) is 7.80. The minimum Gasteiger partial charge on any atom is -0.342 e. The Morgan fingerprint density at radius 2 is 1.81 bits per heavy atom. The molecule has 0 radical (unpaired) electrons. The van der Waals surface area contributed by atoms with E-state index in [1.807, 2.05) is 42.2 Å². The van der Waals surface area contributed by atoms with E-state index in [4.69, 9.17) is 10.1 Å². The van der Waals surface area contributed by atoms with Crippen molar-refractivity contribution in [3.05, 3.63) is 70.3 Å².